The van der Waals surface area contributed by atoms with Crippen molar-refractivity contribution in [2.75, 3.05) is 20.8 Å². The first kappa shape index (κ1) is 20.1. The largest absolute Gasteiger partial charge is 0.497 e. The molecule has 1 N–H and O–H groups in total. The number of nitrogens with one attached hydrogen (secondary N) is 1. The van der Waals surface area contributed by atoms with Gasteiger partial charge in [0.2, 0.25) is 0 Å². The van der Waals surface area contributed by atoms with Gasteiger partial charge < -0.3 is 19.7 Å². The highest BCUT2D eigenvalue weighted by Gasteiger charge is 2.33. The van der Waals surface area contributed by atoms with E-state index < -0.39 is 0 Å². The highest BCUT2D eigenvalue weighted by Crippen LogP contribution is 2.39. The number of hydrogen-bond acceptors (Lipinski definition) is 3. The maximum absolute atomic E-state index is 13.2. The Morgan fingerprint density at radius 1 is 1.11 bits per heavy atom. The minimum atomic E-state index is -0.0251. The normalized spacial score (nSPS) is 17.5. The van der Waals surface area contributed by atoms with Gasteiger partial charge in [-0.25, -0.2) is 4.79 Å². The van der Waals surface area contributed by atoms with Gasteiger partial charge in [-0.05, 0) is 36.5 Å². The molecule has 3 rings (SSSR count). The molecule has 2 aromatic carbocycles. The number of carbonyl (C=O) groups is 1. The Bertz CT molecular complexity index is 792. The summed E-state index contributed by atoms with van der Waals surface area (Å²) in [4.78, 5) is 15.1. The summed E-state index contributed by atoms with van der Waals surface area (Å²) in [6, 6.07) is 15.9. The van der Waals surface area contributed by atoms with Crippen LogP contribution < -0.4 is 14.8 Å². The van der Waals surface area contributed by atoms with E-state index in [9.17, 15) is 4.79 Å². The number of benzene rings is 2. The van der Waals surface area contributed by atoms with Crippen molar-refractivity contribution >= 4 is 6.03 Å². The smallest absolute Gasteiger partial charge is 0.318 e. The number of urea groups is 1. The van der Waals surface area contributed by atoms with Crippen LogP contribution in [0.15, 0.2) is 48.5 Å². The highest BCUT2D eigenvalue weighted by molar-refractivity contribution is 5.76. The number of ether oxygens (including phenoxy) is 2. The molecule has 0 saturated carbocycles. The average molecular weight is 383 g/mol. The van der Waals surface area contributed by atoms with Gasteiger partial charge in [-0.3, -0.25) is 0 Å². The molecule has 2 aromatic rings. The number of carbonyl (C=O) groups excluding carboxylic acids is 1. The molecule has 1 fully saturated rings. The van der Waals surface area contributed by atoms with Crippen molar-refractivity contribution in [3.63, 3.8) is 0 Å². The van der Waals surface area contributed by atoms with E-state index in [0.717, 1.165) is 42.0 Å². The summed E-state index contributed by atoms with van der Waals surface area (Å²) in [5.74, 6) is 1.80. The lowest BCUT2D eigenvalue weighted by atomic mass is 9.96. The highest BCUT2D eigenvalue weighted by atomic mass is 16.5. The molecule has 0 radical (unpaired) electrons. The summed E-state index contributed by atoms with van der Waals surface area (Å²) in [7, 11) is 3.29. The molecule has 0 aromatic heterocycles. The molecule has 1 heterocycles. The van der Waals surface area contributed by atoms with E-state index in [0.29, 0.717) is 5.92 Å². The number of nitrogens with zero attached hydrogens (tertiary/aromatic N) is 1. The first-order valence-electron chi connectivity index (χ1n) is 9.89. The number of methoxy groups -OCH3 is 2. The minimum absolute atomic E-state index is 0.00411. The third-order valence-corrected chi connectivity index (χ3v) is 5.42. The molecule has 2 unspecified atom stereocenters. The van der Waals surface area contributed by atoms with E-state index in [1.165, 1.54) is 0 Å². The summed E-state index contributed by atoms with van der Waals surface area (Å²) in [5.41, 5.74) is 2.15. The van der Waals surface area contributed by atoms with Crippen molar-refractivity contribution in [3.05, 3.63) is 59.7 Å². The van der Waals surface area contributed by atoms with Gasteiger partial charge in [0, 0.05) is 18.2 Å². The van der Waals surface area contributed by atoms with Gasteiger partial charge in [-0.2, -0.15) is 0 Å². The van der Waals surface area contributed by atoms with E-state index in [-0.39, 0.29) is 18.1 Å². The molecule has 2 amide bonds. The maximum atomic E-state index is 13.2. The molecular weight excluding hydrogens is 352 g/mol. The van der Waals surface area contributed by atoms with Crippen LogP contribution in [0.3, 0.4) is 0 Å². The average Bonchev–Trinajstić information content (AvgIpc) is 3.21. The van der Waals surface area contributed by atoms with Crippen LogP contribution in [0.25, 0.3) is 0 Å². The number of amides is 2. The molecule has 1 aliphatic rings. The van der Waals surface area contributed by atoms with E-state index in [2.05, 4.69) is 31.3 Å². The lowest BCUT2D eigenvalue weighted by Crippen LogP contribution is -2.42. The standard InChI is InChI=1S/C23H30N2O3/c1-16(2)22(17-9-6-5-7-10-17)24-23(26)25-14-8-11-20(25)19-13-12-18(27-3)15-21(19)28-4/h5-7,9-10,12-13,15-16,20,22H,8,11,14H2,1-4H3,(H,24,26). The van der Waals surface area contributed by atoms with E-state index in [4.69, 9.17) is 9.47 Å². The third-order valence-electron chi connectivity index (χ3n) is 5.42. The number of likely N-dealkylation sites (tertiary alicyclic amines) is 1. The van der Waals surface area contributed by atoms with E-state index in [1.54, 1.807) is 14.2 Å². The van der Waals surface area contributed by atoms with Gasteiger partial charge in [-0.15, -0.1) is 0 Å². The quantitative estimate of drug-likeness (QED) is 0.769. The minimum Gasteiger partial charge on any atom is -0.497 e. The zero-order chi connectivity index (χ0) is 20.1. The first-order valence-corrected chi connectivity index (χ1v) is 9.89. The summed E-state index contributed by atoms with van der Waals surface area (Å²) < 4.78 is 10.9. The molecule has 28 heavy (non-hydrogen) atoms. The fourth-order valence-electron chi connectivity index (χ4n) is 3.94. The van der Waals surface area contributed by atoms with Crippen molar-refractivity contribution < 1.29 is 14.3 Å². The fraction of sp³-hybridized carbons (Fsp3) is 0.435. The van der Waals surface area contributed by atoms with Crippen LogP contribution in [-0.4, -0.2) is 31.7 Å². The SMILES string of the molecule is COc1ccc(C2CCCN2C(=O)NC(c2ccccc2)C(C)C)c(OC)c1. The second-order valence-electron chi connectivity index (χ2n) is 7.54. The molecule has 0 aliphatic carbocycles. The van der Waals surface area contributed by atoms with Crippen LogP contribution >= 0.6 is 0 Å². The predicted molar refractivity (Wildman–Crippen MR) is 111 cm³/mol. The molecule has 0 bridgehead atoms. The topological polar surface area (TPSA) is 50.8 Å². The second kappa shape index (κ2) is 9.00. The summed E-state index contributed by atoms with van der Waals surface area (Å²) in [6.45, 7) is 5.00. The van der Waals surface area contributed by atoms with Crippen molar-refractivity contribution in [2.24, 2.45) is 5.92 Å². The maximum Gasteiger partial charge on any atom is 0.318 e. The van der Waals surface area contributed by atoms with Gasteiger partial charge in [0.25, 0.3) is 0 Å². The van der Waals surface area contributed by atoms with Crippen LogP contribution in [-0.2, 0) is 0 Å². The van der Waals surface area contributed by atoms with Crippen LogP contribution in [0.1, 0.15) is 49.9 Å². The monoisotopic (exact) mass is 382 g/mol. The van der Waals surface area contributed by atoms with Gasteiger partial charge in [0.15, 0.2) is 0 Å². The molecule has 5 heteroatoms. The molecule has 0 spiro atoms. The third kappa shape index (κ3) is 4.24. The van der Waals surface area contributed by atoms with Crippen molar-refractivity contribution in [1.29, 1.82) is 0 Å². The fourth-order valence-corrected chi connectivity index (χ4v) is 3.94. The molecule has 150 valence electrons. The Hall–Kier alpha value is -2.69. The first-order chi connectivity index (χ1) is 13.5. The Morgan fingerprint density at radius 3 is 2.50 bits per heavy atom. The van der Waals surface area contributed by atoms with Crippen LogP contribution in [0.2, 0.25) is 0 Å². The van der Waals surface area contributed by atoms with Gasteiger partial charge >= 0.3 is 6.03 Å². The summed E-state index contributed by atoms with van der Waals surface area (Å²) in [6.07, 6.45) is 1.90. The Kier molecular flexibility index (Phi) is 6.45. The van der Waals surface area contributed by atoms with Crippen molar-refractivity contribution in [1.82, 2.24) is 10.2 Å². The van der Waals surface area contributed by atoms with Gasteiger partial charge in [0.05, 0.1) is 26.3 Å². The second-order valence-corrected chi connectivity index (χ2v) is 7.54. The zero-order valence-electron chi connectivity index (χ0n) is 17.1. The Balaban J connectivity index is 1.81. The Labute approximate surface area is 167 Å². The number of rotatable bonds is 6. The predicted octanol–water partition coefficient (Wildman–Crippen LogP) is 4.95. The molecule has 5 nitrogen and oxygen atoms in total. The van der Waals surface area contributed by atoms with Crippen molar-refractivity contribution in [3.8, 4) is 11.5 Å². The van der Waals surface area contributed by atoms with Gasteiger partial charge in [0.1, 0.15) is 11.5 Å². The summed E-state index contributed by atoms with van der Waals surface area (Å²) in [5, 5.41) is 3.26. The van der Waals surface area contributed by atoms with Crippen LogP contribution in [0, 0.1) is 5.92 Å². The summed E-state index contributed by atoms with van der Waals surface area (Å²) >= 11 is 0. The Morgan fingerprint density at radius 2 is 1.86 bits per heavy atom. The molecule has 2 atom stereocenters. The number of hydrogen-bond donors (Lipinski definition) is 1. The van der Waals surface area contributed by atoms with Crippen molar-refractivity contribution in [2.45, 2.75) is 38.8 Å². The van der Waals surface area contributed by atoms with E-state index in [1.807, 2.05) is 41.3 Å². The zero-order valence-corrected chi connectivity index (χ0v) is 17.1. The lowest BCUT2D eigenvalue weighted by Gasteiger charge is -2.30. The van der Waals surface area contributed by atoms with Crippen LogP contribution in [0.5, 0.6) is 11.5 Å². The molecule has 1 aliphatic heterocycles. The van der Waals surface area contributed by atoms with Crippen LogP contribution in [0.4, 0.5) is 4.79 Å². The molecule has 1 saturated heterocycles. The van der Waals surface area contributed by atoms with E-state index >= 15 is 0 Å². The van der Waals surface area contributed by atoms with Gasteiger partial charge in [-0.1, -0.05) is 44.2 Å². The lowest BCUT2D eigenvalue weighted by molar-refractivity contribution is 0.184. The molecular formula is C23H30N2O3.